The minimum absolute atomic E-state index is 0.149. The molecule has 1 aromatic rings. The lowest BCUT2D eigenvalue weighted by molar-refractivity contribution is 0.246. The van der Waals surface area contributed by atoms with Gasteiger partial charge in [0.2, 0.25) is 10.0 Å². The third-order valence-corrected chi connectivity index (χ3v) is 6.11. The molecule has 0 spiro atoms. The number of sulfonamides is 1. The molecule has 0 N–H and O–H groups in total. The minimum atomic E-state index is -3.35. The molecule has 3 nitrogen and oxygen atoms in total. The molecule has 1 atom stereocenters. The van der Waals surface area contributed by atoms with E-state index in [-0.39, 0.29) is 6.04 Å². The van der Waals surface area contributed by atoms with Crippen molar-refractivity contribution in [2.24, 2.45) is 0 Å². The molecule has 0 saturated carbocycles. The first-order valence-corrected chi connectivity index (χ1v) is 9.23. The van der Waals surface area contributed by atoms with E-state index >= 15 is 0 Å². The quantitative estimate of drug-likeness (QED) is 0.781. The van der Waals surface area contributed by atoms with Gasteiger partial charge in [0, 0.05) is 18.5 Å². The maximum absolute atomic E-state index is 12.7. The number of hydrogen-bond acceptors (Lipinski definition) is 2. The number of nitrogens with zero attached hydrogens (tertiary/aromatic N) is 1. The smallest absolute Gasteiger partial charge is 0.207 e. The molecular weight excluding hydrogens is 294 g/mol. The SMILES string of the molecule is CCC1CCCCN1S(=O)(=O)c1ccc(CCCl)cc1. The first kappa shape index (κ1) is 15.8. The van der Waals surface area contributed by atoms with Crippen LogP contribution in [0.2, 0.25) is 0 Å². The monoisotopic (exact) mass is 315 g/mol. The highest BCUT2D eigenvalue weighted by atomic mass is 35.5. The molecule has 112 valence electrons. The number of alkyl halides is 1. The Morgan fingerprint density at radius 2 is 1.95 bits per heavy atom. The zero-order valence-corrected chi connectivity index (χ0v) is 13.5. The molecule has 0 aromatic heterocycles. The van der Waals surface area contributed by atoms with Crippen molar-refractivity contribution >= 4 is 21.6 Å². The van der Waals surface area contributed by atoms with E-state index in [1.165, 1.54) is 0 Å². The Hall–Kier alpha value is -0.580. The van der Waals surface area contributed by atoms with Gasteiger partial charge in [-0.15, -0.1) is 11.6 Å². The van der Waals surface area contributed by atoms with Crippen LogP contribution in [0.1, 0.15) is 38.2 Å². The van der Waals surface area contributed by atoms with Gasteiger partial charge in [-0.25, -0.2) is 8.42 Å². The van der Waals surface area contributed by atoms with Crippen molar-refractivity contribution in [3.63, 3.8) is 0 Å². The van der Waals surface area contributed by atoms with E-state index in [2.05, 4.69) is 6.92 Å². The summed E-state index contributed by atoms with van der Waals surface area (Å²) in [5.41, 5.74) is 1.07. The van der Waals surface area contributed by atoms with Crippen LogP contribution in [-0.2, 0) is 16.4 Å². The first-order chi connectivity index (χ1) is 9.59. The van der Waals surface area contributed by atoms with E-state index in [9.17, 15) is 8.42 Å². The average molecular weight is 316 g/mol. The standard InChI is InChI=1S/C15H22ClNO2S/c1-2-14-5-3-4-12-17(14)20(18,19)15-8-6-13(7-9-15)10-11-16/h6-9,14H,2-5,10-12H2,1H3. The Labute approximate surface area is 127 Å². The second kappa shape index (κ2) is 6.92. The zero-order valence-electron chi connectivity index (χ0n) is 11.9. The van der Waals surface area contributed by atoms with Gasteiger partial charge >= 0.3 is 0 Å². The van der Waals surface area contributed by atoms with E-state index < -0.39 is 10.0 Å². The summed E-state index contributed by atoms with van der Waals surface area (Å²) in [4.78, 5) is 0.399. The van der Waals surface area contributed by atoms with Crippen LogP contribution < -0.4 is 0 Å². The topological polar surface area (TPSA) is 37.4 Å². The van der Waals surface area contributed by atoms with E-state index in [1.54, 1.807) is 16.4 Å². The van der Waals surface area contributed by atoms with E-state index in [4.69, 9.17) is 11.6 Å². The van der Waals surface area contributed by atoms with Crippen LogP contribution in [0.5, 0.6) is 0 Å². The van der Waals surface area contributed by atoms with Crippen molar-refractivity contribution < 1.29 is 8.42 Å². The lowest BCUT2D eigenvalue weighted by atomic mass is 10.0. The number of hydrogen-bond donors (Lipinski definition) is 0. The highest BCUT2D eigenvalue weighted by molar-refractivity contribution is 7.89. The summed E-state index contributed by atoms with van der Waals surface area (Å²) < 4.78 is 27.1. The lowest BCUT2D eigenvalue weighted by Crippen LogP contribution is -2.43. The van der Waals surface area contributed by atoms with Crippen molar-refractivity contribution in [3.8, 4) is 0 Å². The van der Waals surface area contributed by atoms with Crippen LogP contribution in [0, 0.1) is 0 Å². The van der Waals surface area contributed by atoms with E-state index in [0.717, 1.165) is 37.7 Å². The zero-order chi connectivity index (χ0) is 14.6. The normalized spacial score (nSPS) is 21.0. The Kier molecular flexibility index (Phi) is 5.47. The number of rotatable bonds is 5. The predicted molar refractivity (Wildman–Crippen MR) is 82.7 cm³/mol. The third kappa shape index (κ3) is 3.35. The number of benzene rings is 1. The molecule has 2 rings (SSSR count). The fourth-order valence-electron chi connectivity index (χ4n) is 2.77. The third-order valence-electron chi connectivity index (χ3n) is 3.96. The minimum Gasteiger partial charge on any atom is -0.207 e. The molecule has 1 heterocycles. The van der Waals surface area contributed by atoms with Crippen molar-refractivity contribution in [1.29, 1.82) is 0 Å². The van der Waals surface area contributed by atoms with Gasteiger partial charge in [-0.1, -0.05) is 25.5 Å². The molecule has 0 radical (unpaired) electrons. The lowest BCUT2D eigenvalue weighted by Gasteiger charge is -2.34. The highest BCUT2D eigenvalue weighted by Crippen LogP contribution is 2.27. The van der Waals surface area contributed by atoms with Crippen LogP contribution in [0.3, 0.4) is 0 Å². The molecule has 1 unspecified atom stereocenters. The summed E-state index contributed by atoms with van der Waals surface area (Å²) in [5.74, 6) is 0.552. The number of piperidine rings is 1. The van der Waals surface area contributed by atoms with Crippen LogP contribution in [0.4, 0.5) is 0 Å². The van der Waals surface area contributed by atoms with Gasteiger partial charge in [0.1, 0.15) is 0 Å². The maximum atomic E-state index is 12.7. The molecular formula is C15H22ClNO2S. The molecule has 1 fully saturated rings. The predicted octanol–water partition coefficient (Wildman–Crippen LogP) is 3.42. The average Bonchev–Trinajstić information content (AvgIpc) is 2.48. The van der Waals surface area contributed by atoms with Crippen LogP contribution >= 0.6 is 11.6 Å². The molecule has 20 heavy (non-hydrogen) atoms. The maximum Gasteiger partial charge on any atom is 0.243 e. The fraction of sp³-hybridized carbons (Fsp3) is 0.600. The fourth-order valence-corrected chi connectivity index (χ4v) is 4.76. The summed E-state index contributed by atoms with van der Waals surface area (Å²) in [7, 11) is -3.35. The summed E-state index contributed by atoms with van der Waals surface area (Å²) in [6.45, 7) is 2.70. The molecule has 1 aliphatic heterocycles. The van der Waals surface area contributed by atoms with Crippen molar-refractivity contribution in [2.75, 3.05) is 12.4 Å². The number of aryl methyl sites for hydroxylation is 1. The molecule has 0 bridgehead atoms. The van der Waals surface area contributed by atoms with Gasteiger partial charge in [0.05, 0.1) is 4.90 Å². The van der Waals surface area contributed by atoms with Crippen LogP contribution in [-0.4, -0.2) is 31.2 Å². The highest BCUT2D eigenvalue weighted by Gasteiger charge is 2.32. The van der Waals surface area contributed by atoms with Gasteiger partial charge in [-0.2, -0.15) is 4.31 Å². The summed E-state index contributed by atoms with van der Waals surface area (Å²) in [5, 5.41) is 0. The first-order valence-electron chi connectivity index (χ1n) is 7.26. The largest absolute Gasteiger partial charge is 0.243 e. The van der Waals surface area contributed by atoms with Gasteiger partial charge < -0.3 is 0 Å². The summed E-state index contributed by atoms with van der Waals surface area (Å²) in [6, 6.07) is 7.29. The van der Waals surface area contributed by atoms with Gasteiger partial charge in [-0.3, -0.25) is 0 Å². The van der Waals surface area contributed by atoms with Crippen molar-refractivity contribution in [2.45, 2.75) is 50.0 Å². The van der Waals surface area contributed by atoms with E-state index in [0.29, 0.717) is 17.3 Å². The molecule has 1 saturated heterocycles. The van der Waals surface area contributed by atoms with Crippen LogP contribution in [0.25, 0.3) is 0 Å². The molecule has 0 amide bonds. The molecule has 5 heteroatoms. The van der Waals surface area contributed by atoms with Gasteiger partial charge in [0.15, 0.2) is 0 Å². The second-order valence-electron chi connectivity index (χ2n) is 5.26. The van der Waals surface area contributed by atoms with E-state index in [1.807, 2.05) is 12.1 Å². The summed E-state index contributed by atoms with van der Waals surface area (Å²) in [6.07, 6.45) is 4.70. The molecule has 1 aliphatic rings. The van der Waals surface area contributed by atoms with Crippen molar-refractivity contribution in [1.82, 2.24) is 4.31 Å². The molecule has 0 aliphatic carbocycles. The van der Waals surface area contributed by atoms with Gasteiger partial charge in [-0.05, 0) is 43.4 Å². The number of halogens is 1. The van der Waals surface area contributed by atoms with Gasteiger partial charge in [0.25, 0.3) is 0 Å². The Morgan fingerprint density at radius 3 is 2.55 bits per heavy atom. The second-order valence-corrected chi connectivity index (χ2v) is 7.53. The Balaban J connectivity index is 2.24. The molecule has 1 aromatic carbocycles. The van der Waals surface area contributed by atoms with Crippen molar-refractivity contribution in [3.05, 3.63) is 29.8 Å². The Bertz CT molecular complexity index is 527. The summed E-state index contributed by atoms with van der Waals surface area (Å²) >= 11 is 5.70. The van der Waals surface area contributed by atoms with Crippen LogP contribution in [0.15, 0.2) is 29.2 Å². The Morgan fingerprint density at radius 1 is 1.25 bits per heavy atom.